The van der Waals surface area contributed by atoms with Crippen LogP contribution in [0.15, 0.2) is 48.5 Å². The highest BCUT2D eigenvalue weighted by molar-refractivity contribution is 6.88. The van der Waals surface area contributed by atoms with Crippen molar-refractivity contribution >= 4 is 13.3 Å². The molecule has 112 valence electrons. The predicted molar refractivity (Wildman–Crippen MR) is 97.3 cm³/mol. The van der Waals surface area contributed by atoms with Crippen LogP contribution in [0.5, 0.6) is 0 Å². The molecule has 0 amide bonds. The van der Waals surface area contributed by atoms with E-state index in [9.17, 15) is 0 Å². The Hall–Kier alpha value is -1.34. The molecule has 2 rings (SSSR count). The van der Waals surface area contributed by atoms with Gasteiger partial charge in [0.25, 0.3) is 0 Å². The van der Waals surface area contributed by atoms with Crippen molar-refractivity contribution in [2.24, 2.45) is 0 Å². The second-order valence-electron chi connectivity index (χ2n) is 7.04. The summed E-state index contributed by atoms with van der Waals surface area (Å²) in [5, 5.41) is 1.54. The van der Waals surface area contributed by atoms with Gasteiger partial charge in [-0.15, -0.1) is 0 Å². The van der Waals surface area contributed by atoms with Gasteiger partial charge in [-0.2, -0.15) is 0 Å². The van der Waals surface area contributed by atoms with Gasteiger partial charge in [0.05, 0.1) is 8.07 Å². The normalized spacial score (nSPS) is 11.6. The van der Waals surface area contributed by atoms with Gasteiger partial charge < -0.3 is 0 Å². The Balaban J connectivity index is 2.01. The third-order valence-electron chi connectivity index (χ3n) is 4.07. The van der Waals surface area contributed by atoms with Gasteiger partial charge in [0.2, 0.25) is 0 Å². The van der Waals surface area contributed by atoms with E-state index in [2.05, 4.69) is 75.1 Å². The molecule has 2 aromatic carbocycles. The molecule has 0 unspecified atom stereocenters. The molecule has 1 heteroatoms. The molecule has 0 N–H and O–H groups in total. The quantitative estimate of drug-likeness (QED) is 0.645. The molecular weight excluding hydrogens is 268 g/mol. The van der Waals surface area contributed by atoms with Crippen molar-refractivity contribution < 1.29 is 0 Å². The summed E-state index contributed by atoms with van der Waals surface area (Å²) in [5.74, 6) is 0. The highest BCUT2D eigenvalue weighted by Crippen LogP contribution is 2.13. The van der Waals surface area contributed by atoms with E-state index in [1.54, 1.807) is 5.19 Å². The van der Waals surface area contributed by atoms with Crippen LogP contribution in [-0.4, -0.2) is 8.07 Å². The molecule has 0 aliphatic rings. The average molecular weight is 297 g/mol. The highest BCUT2D eigenvalue weighted by atomic mass is 28.3. The monoisotopic (exact) mass is 296 g/mol. The van der Waals surface area contributed by atoms with Gasteiger partial charge in [-0.25, -0.2) is 0 Å². The Morgan fingerprint density at radius 3 is 1.67 bits per heavy atom. The minimum Gasteiger partial charge on any atom is -0.0656 e. The SMILES string of the molecule is CCCCc1ccc(Cc2ccc([Si](C)(C)C)cc2)cc1. The number of benzene rings is 2. The smallest absolute Gasteiger partial charge is 0.0656 e. The highest BCUT2D eigenvalue weighted by Gasteiger charge is 2.15. The molecule has 0 saturated heterocycles. The van der Waals surface area contributed by atoms with E-state index in [1.165, 1.54) is 36.0 Å². The van der Waals surface area contributed by atoms with Crippen molar-refractivity contribution in [3.05, 3.63) is 65.2 Å². The van der Waals surface area contributed by atoms with Crippen LogP contribution in [0.3, 0.4) is 0 Å². The summed E-state index contributed by atoms with van der Waals surface area (Å²) in [6, 6.07) is 18.4. The van der Waals surface area contributed by atoms with E-state index in [-0.39, 0.29) is 0 Å². The zero-order chi connectivity index (χ0) is 15.3. The summed E-state index contributed by atoms with van der Waals surface area (Å²) in [6.07, 6.45) is 4.81. The fourth-order valence-corrected chi connectivity index (χ4v) is 3.73. The molecule has 0 saturated carbocycles. The number of unbranched alkanes of at least 4 members (excludes halogenated alkanes) is 1. The maximum atomic E-state index is 2.40. The largest absolute Gasteiger partial charge is 0.0775 e. The molecule has 0 spiro atoms. The first kappa shape index (κ1) is 16.0. The lowest BCUT2D eigenvalue weighted by atomic mass is 10.0. The Bertz CT molecular complexity index is 544. The van der Waals surface area contributed by atoms with Crippen LogP contribution in [-0.2, 0) is 12.8 Å². The first-order valence-corrected chi connectivity index (χ1v) is 11.7. The predicted octanol–water partition coefficient (Wildman–Crippen LogP) is 5.17. The molecule has 0 atom stereocenters. The molecule has 0 aromatic heterocycles. The number of hydrogen-bond donors (Lipinski definition) is 0. The minimum absolute atomic E-state index is 1.04. The van der Waals surface area contributed by atoms with Crippen LogP contribution in [0.2, 0.25) is 19.6 Å². The standard InChI is InChI=1S/C20H28Si/c1-5-6-7-17-8-10-18(11-9-17)16-19-12-14-20(15-13-19)21(2,3)4/h8-15H,5-7,16H2,1-4H3. The molecule has 2 aromatic rings. The van der Waals surface area contributed by atoms with Crippen molar-refractivity contribution in [2.75, 3.05) is 0 Å². The second kappa shape index (κ2) is 7.08. The van der Waals surface area contributed by atoms with Gasteiger partial charge in [0.1, 0.15) is 0 Å². The molecule has 0 radical (unpaired) electrons. The fourth-order valence-electron chi connectivity index (χ4n) is 2.56. The van der Waals surface area contributed by atoms with E-state index in [4.69, 9.17) is 0 Å². The van der Waals surface area contributed by atoms with Gasteiger partial charge in [0, 0.05) is 0 Å². The lowest BCUT2D eigenvalue weighted by molar-refractivity contribution is 0.795. The first-order valence-electron chi connectivity index (χ1n) is 8.16. The second-order valence-corrected chi connectivity index (χ2v) is 12.1. The molecular formula is C20H28Si. The average Bonchev–Trinajstić information content (AvgIpc) is 2.46. The van der Waals surface area contributed by atoms with Crippen molar-refractivity contribution in [3.8, 4) is 0 Å². The molecule has 0 heterocycles. The van der Waals surface area contributed by atoms with Crippen LogP contribution in [0, 0.1) is 0 Å². The Labute approximate surface area is 131 Å². The van der Waals surface area contributed by atoms with Crippen LogP contribution >= 0.6 is 0 Å². The lowest BCUT2D eigenvalue weighted by Crippen LogP contribution is -2.37. The number of aryl methyl sites for hydroxylation is 1. The van der Waals surface area contributed by atoms with Crippen LogP contribution in [0.1, 0.15) is 36.5 Å². The summed E-state index contributed by atoms with van der Waals surface area (Å²) in [5.41, 5.74) is 4.30. The molecule has 0 nitrogen and oxygen atoms in total. The molecule has 0 fully saturated rings. The van der Waals surface area contributed by atoms with Crippen molar-refractivity contribution in [3.63, 3.8) is 0 Å². The van der Waals surface area contributed by atoms with Crippen LogP contribution in [0.4, 0.5) is 0 Å². The van der Waals surface area contributed by atoms with E-state index >= 15 is 0 Å². The van der Waals surface area contributed by atoms with E-state index in [1.807, 2.05) is 0 Å². The topological polar surface area (TPSA) is 0 Å². The van der Waals surface area contributed by atoms with Gasteiger partial charge >= 0.3 is 0 Å². The van der Waals surface area contributed by atoms with E-state index in [0.29, 0.717) is 0 Å². The zero-order valence-electron chi connectivity index (χ0n) is 13.9. The summed E-state index contributed by atoms with van der Waals surface area (Å²) < 4.78 is 0. The van der Waals surface area contributed by atoms with Gasteiger partial charge in [-0.1, -0.05) is 86.7 Å². The van der Waals surface area contributed by atoms with Crippen molar-refractivity contribution in [1.29, 1.82) is 0 Å². The van der Waals surface area contributed by atoms with Crippen LogP contribution < -0.4 is 5.19 Å². The Kier molecular flexibility index (Phi) is 5.41. The van der Waals surface area contributed by atoms with Gasteiger partial charge in [-0.05, 0) is 36.0 Å². The summed E-state index contributed by atoms with van der Waals surface area (Å²) in [4.78, 5) is 0. The van der Waals surface area contributed by atoms with Crippen molar-refractivity contribution in [1.82, 2.24) is 0 Å². The van der Waals surface area contributed by atoms with Crippen LogP contribution in [0.25, 0.3) is 0 Å². The van der Waals surface area contributed by atoms with E-state index < -0.39 is 8.07 Å². The summed E-state index contributed by atoms with van der Waals surface area (Å²) >= 11 is 0. The number of hydrogen-bond acceptors (Lipinski definition) is 0. The fraction of sp³-hybridized carbons (Fsp3) is 0.400. The maximum Gasteiger partial charge on any atom is 0.0775 e. The Morgan fingerprint density at radius 1 is 0.714 bits per heavy atom. The lowest BCUT2D eigenvalue weighted by Gasteiger charge is -2.16. The number of rotatable bonds is 6. The third kappa shape index (κ3) is 4.85. The summed E-state index contributed by atoms with van der Waals surface area (Å²) in [6.45, 7) is 9.45. The minimum atomic E-state index is -1.17. The third-order valence-corrected chi connectivity index (χ3v) is 6.14. The van der Waals surface area contributed by atoms with E-state index in [0.717, 1.165) is 6.42 Å². The van der Waals surface area contributed by atoms with Crippen molar-refractivity contribution in [2.45, 2.75) is 52.2 Å². The molecule has 0 aliphatic carbocycles. The van der Waals surface area contributed by atoms with Gasteiger partial charge in [0.15, 0.2) is 0 Å². The Morgan fingerprint density at radius 2 is 1.19 bits per heavy atom. The maximum absolute atomic E-state index is 2.40. The zero-order valence-corrected chi connectivity index (χ0v) is 14.9. The molecule has 0 aliphatic heterocycles. The first-order chi connectivity index (χ1) is 9.99. The molecule has 21 heavy (non-hydrogen) atoms. The molecule has 0 bridgehead atoms. The van der Waals surface area contributed by atoms with Gasteiger partial charge in [-0.3, -0.25) is 0 Å². The summed E-state index contributed by atoms with van der Waals surface area (Å²) in [7, 11) is -1.17.